The van der Waals surface area contributed by atoms with Gasteiger partial charge in [-0.1, -0.05) is 0 Å². The topological polar surface area (TPSA) is 59.1 Å². The summed E-state index contributed by atoms with van der Waals surface area (Å²) in [6.07, 6.45) is -2.62. The second-order valence-electron chi connectivity index (χ2n) is 2.64. The van der Waals surface area contributed by atoms with Gasteiger partial charge < -0.3 is 10.8 Å². The van der Waals surface area contributed by atoms with Crippen LogP contribution >= 0.6 is 22.6 Å². The summed E-state index contributed by atoms with van der Waals surface area (Å²) in [7, 11) is 0. The third-order valence-electron chi connectivity index (χ3n) is 1.78. The highest BCUT2D eigenvalue weighted by molar-refractivity contribution is 14.1. The van der Waals surface area contributed by atoms with Crippen LogP contribution in [-0.4, -0.2) is 10.1 Å². The minimum atomic E-state index is -2.62. The maximum Gasteiger partial charge on any atom is 0.280 e. The summed E-state index contributed by atoms with van der Waals surface area (Å²) in [4.78, 5) is 3.70. The SMILES string of the molecule is NCc1c(CO)cc(C(F)F)nc1I. The summed E-state index contributed by atoms with van der Waals surface area (Å²) in [5, 5.41) is 8.95. The molecule has 1 rings (SSSR count). The van der Waals surface area contributed by atoms with Gasteiger partial charge in [0.2, 0.25) is 0 Å². The number of hydrogen-bond acceptors (Lipinski definition) is 3. The van der Waals surface area contributed by atoms with Crippen molar-refractivity contribution >= 4 is 22.6 Å². The molecule has 0 aliphatic carbocycles. The number of nitrogens with zero attached hydrogens (tertiary/aromatic N) is 1. The van der Waals surface area contributed by atoms with Gasteiger partial charge in [-0.15, -0.1) is 0 Å². The van der Waals surface area contributed by atoms with Crippen molar-refractivity contribution in [2.24, 2.45) is 5.73 Å². The summed E-state index contributed by atoms with van der Waals surface area (Å²) in [6, 6.07) is 1.19. The van der Waals surface area contributed by atoms with E-state index in [9.17, 15) is 8.78 Å². The van der Waals surface area contributed by atoms with Crippen molar-refractivity contribution in [2.75, 3.05) is 0 Å². The maximum atomic E-state index is 12.3. The molecule has 6 heteroatoms. The monoisotopic (exact) mass is 314 g/mol. The Balaban J connectivity index is 3.24. The Bertz CT molecular complexity index is 333. The zero-order valence-corrected chi connectivity index (χ0v) is 9.33. The molecule has 1 aromatic heterocycles. The van der Waals surface area contributed by atoms with E-state index in [2.05, 4.69) is 4.98 Å². The molecule has 0 aliphatic rings. The molecule has 3 nitrogen and oxygen atoms in total. The van der Waals surface area contributed by atoms with Crippen molar-refractivity contribution in [3.63, 3.8) is 0 Å². The van der Waals surface area contributed by atoms with E-state index >= 15 is 0 Å². The highest BCUT2D eigenvalue weighted by atomic mass is 127. The predicted molar refractivity (Wildman–Crippen MR) is 55.7 cm³/mol. The Kier molecular flexibility index (Phi) is 4.14. The van der Waals surface area contributed by atoms with Crippen LogP contribution in [-0.2, 0) is 13.2 Å². The van der Waals surface area contributed by atoms with Gasteiger partial charge in [-0.3, -0.25) is 0 Å². The standard InChI is InChI=1S/C8H9F2IN2O/c9-7(10)6-1-4(3-14)5(2-12)8(11)13-6/h1,7,14H,2-3,12H2. The largest absolute Gasteiger partial charge is 0.392 e. The number of aliphatic hydroxyl groups excluding tert-OH is 1. The second kappa shape index (κ2) is 4.94. The van der Waals surface area contributed by atoms with E-state index in [4.69, 9.17) is 10.8 Å². The highest BCUT2D eigenvalue weighted by Crippen LogP contribution is 2.22. The number of halogens is 3. The Labute approximate surface area is 93.5 Å². The fraction of sp³-hybridized carbons (Fsp3) is 0.375. The van der Waals surface area contributed by atoms with Crippen LogP contribution in [0.15, 0.2) is 6.07 Å². The molecule has 0 fully saturated rings. The number of aliphatic hydroxyl groups is 1. The quantitative estimate of drug-likeness (QED) is 0.658. The van der Waals surface area contributed by atoms with Gasteiger partial charge in [0.05, 0.1) is 6.61 Å². The number of pyridine rings is 1. The van der Waals surface area contributed by atoms with Crippen molar-refractivity contribution in [3.8, 4) is 0 Å². The lowest BCUT2D eigenvalue weighted by Crippen LogP contribution is -2.08. The Morgan fingerprint density at radius 1 is 1.57 bits per heavy atom. The first kappa shape index (κ1) is 11.7. The third-order valence-corrected chi connectivity index (χ3v) is 2.68. The van der Waals surface area contributed by atoms with Crippen molar-refractivity contribution in [3.05, 3.63) is 26.6 Å². The zero-order chi connectivity index (χ0) is 10.7. The lowest BCUT2D eigenvalue weighted by atomic mass is 10.1. The van der Waals surface area contributed by atoms with Crippen LogP contribution in [0.5, 0.6) is 0 Å². The van der Waals surface area contributed by atoms with Gasteiger partial charge in [0.25, 0.3) is 6.43 Å². The van der Waals surface area contributed by atoms with Crippen molar-refractivity contribution in [1.29, 1.82) is 0 Å². The summed E-state index contributed by atoms with van der Waals surface area (Å²) >= 11 is 1.83. The molecule has 1 heterocycles. The van der Waals surface area contributed by atoms with E-state index in [1.807, 2.05) is 22.6 Å². The molecule has 14 heavy (non-hydrogen) atoms. The van der Waals surface area contributed by atoms with E-state index in [0.717, 1.165) is 0 Å². The molecule has 0 aromatic carbocycles. The van der Waals surface area contributed by atoms with Crippen LogP contribution in [0.2, 0.25) is 0 Å². The van der Waals surface area contributed by atoms with Gasteiger partial charge in [0.15, 0.2) is 0 Å². The molecule has 1 aromatic rings. The number of alkyl halides is 2. The molecule has 0 saturated heterocycles. The molecule has 0 spiro atoms. The fourth-order valence-electron chi connectivity index (χ4n) is 1.08. The molecule has 0 atom stereocenters. The lowest BCUT2D eigenvalue weighted by Gasteiger charge is -2.09. The van der Waals surface area contributed by atoms with Crippen LogP contribution in [0.3, 0.4) is 0 Å². The molecule has 0 bridgehead atoms. The van der Waals surface area contributed by atoms with E-state index in [1.54, 1.807) is 0 Å². The average Bonchev–Trinajstić information content (AvgIpc) is 2.16. The summed E-state index contributed by atoms with van der Waals surface area (Å²) in [6.45, 7) is -0.116. The Morgan fingerprint density at radius 3 is 2.64 bits per heavy atom. The van der Waals surface area contributed by atoms with Crippen LogP contribution in [0.1, 0.15) is 23.2 Å². The van der Waals surface area contributed by atoms with Gasteiger partial charge in [-0.2, -0.15) is 0 Å². The highest BCUT2D eigenvalue weighted by Gasteiger charge is 2.14. The first-order valence-electron chi connectivity index (χ1n) is 3.87. The minimum Gasteiger partial charge on any atom is -0.392 e. The fourth-order valence-corrected chi connectivity index (χ4v) is 1.92. The summed E-state index contributed by atoms with van der Waals surface area (Å²) < 4.78 is 25.1. The van der Waals surface area contributed by atoms with E-state index in [0.29, 0.717) is 14.8 Å². The molecule has 0 unspecified atom stereocenters. The van der Waals surface area contributed by atoms with Crippen LogP contribution in [0, 0.1) is 3.70 Å². The first-order chi connectivity index (χ1) is 6.60. The van der Waals surface area contributed by atoms with Gasteiger partial charge in [0, 0.05) is 12.1 Å². The van der Waals surface area contributed by atoms with E-state index in [1.165, 1.54) is 6.07 Å². The summed E-state index contributed by atoms with van der Waals surface area (Å²) in [5.74, 6) is 0. The zero-order valence-electron chi connectivity index (χ0n) is 7.17. The Hall–Kier alpha value is -0.340. The van der Waals surface area contributed by atoms with Crippen LogP contribution in [0.25, 0.3) is 0 Å². The molecule has 0 radical (unpaired) electrons. The molecule has 3 N–H and O–H groups in total. The van der Waals surface area contributed by atoms with Gasteiger partial charge in [-0.25, -0.2) is 13.8 Å². The maximum absolute atomic E-state index is 12.3. The normalized spacial score (nSPS) is 11.0. The van der Waals surface area contributed by atoms with Crippen LogP contribution < -0.4 is 5.73 Å². The number of rotatable bonds is 3. The number of nitrogens with two attached hydrogens (primary N) is 1. The van der Waals surface area contributed by atoms with E-state index < -0.39 is 6.43 Å². The van der Waals surface area contributed by atoms with Gasteiger partial charge in [-0.05, 0) is 34.2 Å². The molecule has 0 amide bonds. The van der Waals surface area contributed by atoms with Gasteiger partial charge >= 0.3 is 0 Å². The summed E-state index contributed by atoms with van der Waals surface area (Å²) in [5.41, 5.74) is 6.13. The van der Waals surface area contributed by atoms with Crippen molar-refractivity contribution < 1.29 is 13.9 Å². The number of hydrogen-bond donors (Lipinski definition) is 2. The predicted octanol–water partition coefficient (Wildman–Crippen LogP) is 1.57. The average molecular weight is 314 g/mol. The van der Waals surface area contributed by atoms with Crippen molar-refractivity contribution in [2.45, 2.75) is 19.6 Å². The second-order valence-corrected chi connectivity index (χ2v) is 3.66. The van der Waals surface area contributed by atoms with Crippen LogP contribution in [0.4, 0.5) is 8.78 Å². The molecular weight excluding hydrogens is 305 g/mol. The number of aromatic nitrogens is 1. The van der Waals surface area contributed by atoms with E-state index in [-0.39, 0.29) is 18.8 Å². The molecule has 0 aliphatic heterocycles. The third kappa shape index (κ3) is 2.37. The first-order valence-corrected chi connectivity index (χ1v) is 4.95. The van der Waals surface area contributed by atoms with Gasteiger partial charge in [0.1, 0.15) is 9.39 Å². The molecular formula is C8H9F2IN2O. The van der Waals surface area contributed by atoms with Crippen molar-refractivity contribution in [1.82, 2.24) is 4.98 Å². The molecule has 0 saturated carbocycles. The smallest absolute Gasteiger partial charge is 0.280 e. The Morgan fingerprint density at radius 2 is 2.21 bits per heavy atom. The minimum absolute atomic E-state index is 0.185. The molecule has 78 valence electrons. The lowest BCUT2D eigenvalue weighted by molar-refractivity contribution is 0.145.